The number of carbonyl (C=O) groups is 2. The van der Waals surface area contributed by atoms with Crippen molar-refractivity contribution in [2.75, 3.05) is 13.1 Å². The van der Waals surface area contributed by atoms with Gasteiger partial charge in [-0.3, -0.25) is 9.59 Å². The van der Waals surface area contributed by atoms with E-state index in [2.05, 4.69) is 4.74 Å². The molecule has 10 heteroatoms. The maximum atomic E-state index is 13.2. The van der Waals surface area contributed by atoms with Crippen molar-refractivity contribution in [3.63, 3.8) is 0 Å². The van der Waals surface area contributed by atoms with Crippen molar-refractivity contribution in [3.05, 3.63) is 62.8 Å². The van der Waals surface area contributed by atoms with Crippen LogP contribution in [0, 0.1) is 12.8 Å². The van der Waals surface area contributed by atoms with E-state index in [0.717, 1.165) is 22.2 Å². The Labute approximate surface area is 217 Å². The van der Waals surface area contributed by atoms with Crippen LogP contribution in [0.5, 0.6) is 5.75 Å². The minimum Gasteiger partial charge on any atom is -0.481 e. The van der Waals surface area contributed by atoms with Gasteiger partial charge < -0.3 is 19.3 Å². The van der Waals surface area contributed by atoms with Crippen molar-refractivity contribution < 1.29 is 28.2 Å². The van der Waals surface area contributed by atoms with Gasteiger partial charge in [-0.2, -0.15) is 8.78 Å². The molecule has 0 atom stereocenters. The van der Waals surface area contributed by atoms with Crippen LogP contribution in [0.25, 0.3) is 10.9 Å². The number of fused-ring (bicyclic) bond motifs is 1. The Bertz CT molecular complexity index is 1320. The zero-order valence-electron chi connectivity index (χ0n) is 19.9. The molecule has 1 amide bonds. The number of likely N-dealkylation sites (tertiary alicyclic amines) is 1. The number of rotatable bonds is 7. The van der Waals surface area contributed by atoms with Crippen LogP contribution >= 0.6 is 23.2 Å². The Morgan fingerprint density at radius 3 is 2.50 bits per heavy atom. The van der Waals surface area contributed by atoms with E-state index in [-0.39, 0.29) is 29.0 Å². The number of alkyl halides is 2. The van der Waals surface area contributed by atoms with Crippen LogP contribution in [0.3, 0.4) is 0 Å². The molecule has 1 aliphatic heterocycles. The fourth-order valence-electron chi connectivity index (χ4n) is 4.83. The van der Waals surface area contributed by atoms with E-state index < -0.39 is 12.6 Å². The third-order valence-corrected chi connectivity index (χ3v) is 7.59. The second kappa shape index (κ2) is 10.6. The van der Waals surface area contributed by atoms with Crippen LogP contribution in [0.2, 0.25) is 10.0 Å². The number of hydrogen-bond donors (Lipinski definition) is 1. The Morgan fingerprint density at radius 1 is 1.17 bits per heavy atom. The molecule has 1 N–H and O–H groups in total. The summed E-state index contributed by atoms with van der Waals surface area (Å²) in [5, 5.41) is 10.6. The fourth-order valence-corrected chi connectivity index (χ4v) is 5.42. The lowest BCUT2D eigenvalue weighted by atomic mass is 9.93. The molecule has 0 radical (unpaired) electrons. The average molecular weight is 539 g/mol. The van der Waals surface area contributed by atoms with E-state index in [9.17, 15) is 18.4 Å². The van der Waals surface area contributed by atoms with Crippen molar-refractivity contribution >= 4 is 46.0 Å². The molecule has 1 fully saturated rings. The lowest BCUT2D eigenvalue weighted by molar-refractivity contribution is -0.138. The van der Waals surface area contributed by atoms with Crippen molar-refractivity contribution in [2.45, 2.75) is 39.2 Å². The quantitative estimate of drug-likeness (QED) is 0.382. The fraction of sp³-hybridized carbons (Fsp3) is 0.385. The molecule has 1 aromatic heterocycles. The first-order valence-corrected chi connectivity index (χ1v) is 12.3. The second-order valence-corrected chi connectivity index (χ2v) is 9.93. The predicted octanol–water partition coefficient (Wildman–Crippen LogP) is 6.31. The van der Waals surface area contributed by atoms with Crippen molar-refractivity contribution in [3.8, 4) is 5.75 Å². The summed E-state index contributed by atoms with van der Waals surface area (Å²) in [5.74, 6) is -0.900. The summed E-state index contributed by atoms with van der Waals surface area (Å²) in [7, 11) is 1.82. The Morgan fingerprint density at radius 2 is 1.86 bits per heavy atom. The maximum absolute atomic E-state index is 13.2. The molecule has 36 heavy (non-hydrogen) atoms. The number of ether oxygens (including phenoxy) is 1. The van der Waals surface area contributed by atoms with Gasteiger partial charge in [0.15, 0.2) is 0 Å². The highest BCUT2D eigenvalue weighted by atomic mass is 35.5. The van der Waals surface area contributed by atoms with Gasteiger partial charge in [-0.05, 0) is 61.1 Å². The molecular formula is C26H26Cl2F2N2O4. The van der Waals surface area contributed by atoms with Crippen LogP contribution in [0.4, 0.5) is 8.78 Å². The van der Waals surface area contributed by atoms with Gasteiger partial charge in [0.1, 0.15) is 5.75 Å². The summed E-state index contributed by atoms with van der Waals surface area (Å²) in [4.78, 5) is 25.9. The SMILES string of the molecule is Cc1cc(OC(F)F)cc2c1cc(Cc1c(Cl)ccc(C(=O)N3CCC(CC(=O)O)CC3)c1Cl)n2C. The summed E-state index contributed by atoms with van der Waals surface area (Å²) in [6.45, 7) is -0.154. The van der Waals surface area contributed by atoms with Crippen molar-refractivity contribution in [2.24, 2.45) is 13.0 Å². The standard InChI is InChI=1S/C26H26Cl2F2N2O4/c1-14-9-17(36-26(29)30)13-22-19(14)11-16(31(22)2)12-20-21(27)4-3-18(24(20)28)25(35)32-7-5-15(6-8-32)10-23(33)34/h3-4,9,11,13,15,26H,5-8,10,12H2,1-2H3,(H,33,34). The monoisotopic (exact) mass is 538 g/mol. The van der Waals surface area contributed by atoms with E-state index in [1.165, 1.54) is 0 Å². The molecule has 192 valence electrons. The van der Waals surface area contributed by atoms with Crippen molar-refractivity contribution in [1.29, 1.82) is 0 Å². The number of piperidine rings is 1. The van der Waals surface area contributed by atoms with E-state index in [0.29, 0.717) is 48.5 Å². The molecule has 0 spiro atoms. The highest BCUT2D eigenvalue weighted by Gasteiger charge is 2.27. The number of aromatic nitrogens is 1. The zero-order valence-corrected chi connectivity index (χ0v) is 21.4. The largest absolute Gasteiger partial charge is 0.481 e. The first kappa shape index (κ1) is 26.2. The molecule has 6 nitrogen and oxygen atoms in total. The van der Waals surface area contributed by atoms with Crippen LogP contribution in [-0.2, 0) is 18.3 Å². The van der Waals surface area contributed by atoms with Gasteiger partial charge in [0.25, 0.3) is 5.91 Å². The number of carboxylic acids is 1. The third-order valence-electron chi connectivity index (χ3n) is 6.81. The highest BCUT2D eigenvalue weighted by Crippen LogP contribution is 2.35. The number of aryl methyl sites for hydroxylation is 2. The molecule has 2 aromatic carbocycles. The molecule has 2 heterocycles. The smallest absolute Gasteiger partial charge is 0.387 e. The number of nitrogens with zero attached hydrogens (tertiary/aromatic N) is 2. The first-order chi connectivity index (χ1) is 17.0. The molecule has 1 aliphatic rings. The zero-order chi connectivity index (χ0) is 26.1. The number of aliphatic carboxylic acids is 1. The van der Waals surface area contributed by atoms with E-state index in [4.69, 9.17) is 28.3 Å². The molecule has 0 aliphatic carbocycles. The highest BCUT2D eigenvalue weighted by molar-refractivity contribution is 6.38. The predicted molar refractivity (Wildman–Crippen MR) is 134 cm³/mol. The number of halogens is 4. The Balaban J connectivity index is 1.60. The third kappa shape index (κ3) is 5.44. The molecular weight excluding hydrogens is 513 g/mol. The lowest BCUT2D eigenvalue weighted by Crippen LogP contribution is -2.39. The Kier molecular flexibility index (Phi) is 7.76. The van der Waals surface area contributed by atoms with Gasteiger partial charge in [-0.25, -0.2) is 0 Å². The molecule has 1 saturated heterocycles. The lowest BCUT2D eigenvalue weighted by Gasteiger charge is -2.31. The minimum absolute atomic E-state index is 0.0596. The van der Waals surface area contributed by atoms with Gasteiger partial charge >= 0.3 is 12.6 Å². The van der Waals surface area contributed by atoms with Gasteiger partial charge in [-0.1, -0.05) is 23.2 Å². The van der Waals surface area contributed by atoms with Crippen LogP contribution in [0.15, 0.2) is 30.3 Å². The average Bonchev–Trinajstić information content (AvgIpc) is 3.12. The minimum atomic E-state index is -2.91. The van der Waals surface area contributed by atoms with Crippen LogP contribution in [0.1, 0.15) is 46.4 Å². The number of benzene rings is 2. The summed E-state index contributed by atoms with van der Waals surface area (Å²) in [6.07, 6.45) is 1.69. The van der Waals surface area contributed by atoms with Gasteiger partial charge in [0.05, 0.1) is 16.1 Å². The number of carboxylic acid groups (broad SMARTS) is 1. The van der Waals surface area contributed by atoms with E-state index in [1.54, 1.807) is 29.2 Å². The summed E-state index contributed by atoms with van der Waals surface area (Å²) in [6, 6.07) is 8.34. The summed E-state index contributed by atoms with van der Waals surface area (Å²) in [5.41, 5.74) is 3.29. The van der Waals surface area contributed by atoms with E-state index in [1.807, 2.05) is 24.6 Å². The first-order valence-electron chi connectivity index (χ1n) is 11.6. The maximum Gasteiger partial charge on any atom is 0.387 e. The van der Waals surface area contributed by atoms with Crippen molar-refractivity contribution in [1.82, 2.24) is 9.47 Å². The Hall–Kier alpha value is -2.84. The van der Waals surface area contributed by atoms with Gasteiger partial charge in [0.2, 0.25) is 0 Å². The molecule has 0 unspecified atom stereocenters. The van der Waals surface area contributed by atoms with Crippen LogP contribution < -0.4 is 4.74 Å². The number of hydrogen-bond acceptors (Lipinski definition) is 3. The molecule has 4 rings (SSSR count). The van der Waals surface area contributed by atoms with Crippen LogP contribution in [-0.4, -0.2) is 46.2 Å². The summed E-state index contributed by atoms with van der Waals surface area (Å²) >= 11 is 13.2. The normalized spacial score (nSPS) is 14.6. The second-order valence-electron chi connectivity index (χ2n) is 9.14. The number of amides is 1. The molecule has 0 bridgehead atoms. The van der Waals surface area contributed by atoms with Gasteiger partial charge in [0, 0.05) is 55.1 Å². The van der Waals surface area contributed by atoms with Gasteiger partial charge in [-0.15, -0.1) is 0 Å². The summed E-state index contributed by atoms with van der Waals surface area (Å²) < 4.78 is 31.9. The molecule has 3 aromatic rings. The molecule has 0 saturated carbocycles. The topological polar surface area (TPSA) is 71.8 Å². The number of carbonyl (C=O) groups excluding carboxylic acids is 1. The van der Waals surface area contributed by atoms with E-state index >= 15 is 0 Å².